The zero-order chi connectivity index (χ0) is 10.7. The van der Waals surface area contributed by atoms with E-state index in [1.54, 1.807) is 24.4 Å². The monoisotopic (exact) mass is 221 g/mol. The number of nitrogen functional groups attached to an aromatic ring is 1. The highest BCUT2D eigenvalue weighted by Crippen LogP contribution is 2.13. The van der Waals surface area contributed by atoms with Gasteiger partial charge in [-0.2, -0.15) is 0 Å². The van der Waals surface area contributed by atoms with E-state index in [2.05, 4.69) is 19.9 Å². The van der Waals surface area contributed by atoms with E-state index < -0.39 is 5.91 Å². The van der Waals surface area contributed by atoms with Crippen molar-refractivity contribution >= 4 is 28.3 Å². The summed E-state index contributed by atoms with van der Waals surface area (Å²) in [6.45, 7) is 0. The average Bonchev–Trinajstić information content (AvgIpc) is 2.66. The molecule has 0 fully saturated rings. The maximum Gasteiger partial charge on any atom is 0.280 e. The van der Waals surface area contributed by atoms with E-state index in [0.29, 0.717) is 10.8 Å². The number of nitrogens with one attached hydrogen (secondary N) is 1. The van der Waals surface area contributed by atoms with E-state index >= 15 is 0 Å². The molecule has 7 heteroatoms. The molecule has 0 atom stereocenters. The molecule has 0 aromatic carbocycles. The van der Waals surface area contributed by atoms with E-state index in [-0.39, 0.29) is 5.69 Å². The first kappa shape index (κ1) is 9.53. The minimum Gasteiger partial charge on any atom is -0.387 e. The number of anilines is 2. The molecule has 0 aliphatic carbocycles. The topological polar surface area (TPSA) is 93.8 Å². The molecule has 0 spiro atoms. The molecular formula is C8H7N5OS. The standard InChI is InChI=1S/C8H7N5OS/c9-7-6(12-13-15-7)8(14)11-5-3-1-2-4-10-5/h1-4H,9H2,(H,10,11,14). The molecule has 2 aromatic rings. The molecule has 3 N–H and O–H groups in total. The van der Waals surface area contributed by atoms with Crippen LogP contribution in [0.4, 0.5) is 10.8 Å². The van der Waals surface area contributed by atoms with Gasteiger partial charge in [0.05, 0.1) is 0 Å². The normalized spacial score (nSPS) is 9.87. The molecule has 6 nitrogen and oxygen atoms in total. The van der Waals surface area contributed by atoms with Crippen LogP contribution >= 0.6 is 11.5 Å². The molecule has 1 amide bonds. The Hall–Kier alpha value is -2.02. The van der Waals surface area contributed by atoms with Crippen molar-refractivity contribution in [3.05, 3.63) is 30.1 Å². The number of rotatable bonds is 2. The Morgan fingerprint density at radius 2 is 2.33 bits per heavy atom. The molecule has 0 saturated heterocycles. The van der Waals surface area contributed by atoms with Gasteiger partial charge in [-0.1, -0.05) is 10.6 Å². The van der Waals surface area contributed by atoms with Gasteiger partial charge < -0.3 is 11.1 Å². The van der Waals surface area contributed by atoms with Gasteiger partial charge in [-0.3, -0.25) is 4.79 Å². The number of carbonyl (C=O) groups excluding carboxylic acids is 1. The molecule has 0 radical (unpaired) electrons. The molecule has 0 bridgehead atoms. The highest BCUT2D eigenvalue weighted by molar-refractivity contribution is 7.10. The SMILES string of the molecule is Nc1snnc1C(=O)Nc1ccccn1. The fourth-order valence-corrected chi connectivity index (χ4v) is 1.40. The van der Waals surface area contributed by atoms with Crippen molar-refractivity contribution in [3.63, 3.8) is 0 Å². The second-order valence-corrected chi connectivity index (χ2v) is 3.44. The number of hydrogen-bond donors (Lipinski definition) is 2. The van der Waals surface area contributed by atoms with Crippen LogP contribution in [0.5, 0.6) is 0 Å². The molecule has 76 valence electrons. The van der Waals surface area contributed by atoms with Crippen LogP contribution in [-0.2, 0) is 0 Å². The minimum absolute atomic E-state index is 0.130. The summed E-state index contributed by atoms with van der Waals surface area (Å²) in [4.78, 5) is 15.5. The van der Waals surface area contributed by atoms with Gasteiger partial charge in [0.15, 0.2) is 5.69 Å². The van der Waals surface area contributed by atoms with Crippen LogP contribution in [0.2, 0.25) is 0 Å². The van der Waals surface area contributed by atoms with Crippen molar-refractivity contribution in [2.24, 2.45) is 0 Å². The molecule has 2 rings (SSSR count). The number of carbonyl (C=O) groups is 1. The molecule has 0 saturated carbocycles. The lowest BCUT2D eigenvalue weighted by molar-refractivity contribution is 0.102. The zero-order valence-corrected chi connectivity index (χ0v) is 8.36. The predicted octanol–water partition coefficient (Wildman–Crippen LogP) is 0.768. The Balaban J connectivity index is 2.15. The second kappa shape index (κ2) is 4.01. The zero-order valence-electron chi connectivity index (χ0n) is 7.54. The number of amides is 1. The molecule has 0 unspecified atom stereocenters. The average molecular weight is 221 g/mol. The van der Waals surface area contributed by atoms with Crippen LogP contribution in [0, 0.1) is 0 Å². The third kappa shape index (κ3) is 2.08. The van der Waals surface area contributed by atoms with Crippen molar-refractivity contribution in [2.45, 2.75) is 0 Å². The van der Waals surface area contributed by atoms with E-state index in [1.807, 2.05) is 0 Å². The molecule has 0 aliphatic heterocycles. The second-order valence-electron chi connectivity index (χ2n) is 2.65. The summed E-state index contributed by atoms with van der Waals surface area (Å²) in [7, 11) is 0. The third-order valence-corrected chi connectivity index (χ3v) is 2.19. The summed E-state index contributed by atoms with van der Waals surface area (Å²) in [6, 6.07) is 5.20. The van der Waals surface area contributed by atoms with Crippen molar-refractivity contribution in [1.82, 2.24) is 14.6 Å². The van der Waals surface area contributed by atoms with Crippen molar-refractivity contribution in [1.29, 1.82) is 0 Å². The van der Waals surface area contributed by atoms with E-state index in [1.165, 1.54) is 0 Å². The van der Waals surface area contributed by atoms with Crippen LogP contribution in [0.3, 0.4) is 0 Å². The van der Waals surface area contributed by atoms with Gasteiger partial charge in [-0.05, 0) is 12.1 Å². The van der Waals surface area contributed by atoms with Gasteiger partial charge in [0.2, 0.25) is 0 Å². The Morgan fingerprint density at radius 1 is 1.47 bits per heavy atom. The minimum atomic E-state index is -0.403. The van der Waals surface area contributed by atoms with Crippen LogP contribution in [0.15, 0.2) is 24.4 Å². The Kier molecular flexibility index (Phi) is 2.55. The van der Waals surface area contributed by atoms with Gasteiger partial charge in [0.1, 0.15) is 10.8 Å². The lowest BCUT2D eigenvalue weighted by Crippen LogP contribution is -2.14. The summed E-state index contributed by atoms with van der Waals surface area (Å²) < 4.78 is 3.57. The predicted molar refractivity (Wildman–Crippen MR) is 56.5 cm³/mol. The highest BCUT2D eigenvalue weighted by atomic mass is 32.1. The highest BCUT2D eigenvalue weighted by Gasteiger charge is 2.14. The van der Waals surface area contributed by atoms with Gasteiger partial charge >= 0.3 is 0 Å². The van der Waals surface area contributed by atoms with Crippen LogP contribution in [0.25, 0.3) is 0 Å². The fraction of sp³-hybridized carbons (Fsp3) is 0. The lowest BCUT2D eigenvalue weighted by atomic mass is 10.4. The van der Waals surface area contributed by atoms with Gasteiger partial charge in [0.25, 0.3) is 5.91 Å². The quantitative estimate of drug-likeness (QED) is 0.781. The number of aromatic nitrogens is 3. The van der Waals surface area contributed by atoms with Crippen LogP contribution < -0.4 is 11.1 Å². The van der Waals surface area contributed by atoms with Crippen LogP contribution in [-0.4, -0.2) is 20.5 Å². The molecule has 0 aliphatic rings. The maximum atomic E-state index is 11.6. The summed E-state index contributed by atoms with van der Waals surface area (Å²) in [5.41, 5.74) is 5.64. The number of hydrogen-bond acceptors (Lipinski definition) is 6. The third-order valence-electron chi connectivity index (χ3n) is 1.63. The summed E-state index contributed by atoms with van der Waals surface area (Å²) >= 11 is 0.979. The van der Waals surface area contributed by atoms with Gasteiger partial charge in [-0.15, -0.1) is 5.10 Å². The summed E-state index contributed by atoms with van der Waals surface area (Å²) in [5, 5.41) is 6.47. The fourth-order valence-electron chi connectivity index (χ4n) is 0.967. The first-order chi connectivity index (χ1) is 7.27. The van der Waals surface area contributed by atoms with Crippen molar-refractivity contribution < 1.29 is 4.79 Å². The first-order valence-corrected chi connectivity index (χ1v) is 4.85. The van der Waals surface area contributed by atoms with Crippen molar-refractivity contribution in [3.8, 4) is 0 Å². The van der Waals surface area contributed by atoms with Crippen LogP contribution in [0.1, 0.15) is 10.5 Å². The Labute approximate surface area is 89.3 Å². The van der Waals surface area contributed by atoms with E-state index in [4.69, 9.17) is 5.73 Å². The molecule has 15 heavy (non-hydrogen) atoms. The summed E-state index contributed by atoms with van der Waals surface area (Å²) in [6.07, 6.45) is 1.58. The van der Waals surface area contributed by atoms with E-state index in [0.717, 1.165) is 11.5 Å². The number of nitrogens with two attached hydrogens (primary N) is 1. The largest absolute Gasteiger partial charge is 0.387 e. The summed E-state index contributed by atoms with van der Waals surface area (Å²) in [5.74, 6) is 0.0508. The smallest absolute Gasteiger partial charge is 0.280 e. The number of nitrogens with zero attached hydrogens (tertiary/aromatic N) is 3. The van der Waals surface area contributed by atoms with Gasteiger partial charge in [0, 0.05) is 17.7 Å². The van der Waals surface area contributed by atoms with E-state index in [9.17, 15) is 4.79 Å². The number of pyridine rings is 1. The Morgan fingerprint density at radius 3 is 2.93 bits per heavy atom. The molecular weight excluding hydrogens is 214 g/mol. The van der Waals surface area contributed by atoms with Gasteiger partial charge in [-0.25, -0.2) is 4.98 Å². The molecule has 2 heterocycles. The van der Waals surface area contributed by atoms with Crippen molar-refractivity contribution in [2.75, 3.05) is 11.1 Å². The first-order valence-electron chi connectivity index (χ1n) is 4.07. The molecule has 2 aromatic heterocycles. The maximum absolute atomic E-state index is 11.6. The Bertz CT molecular complexity index is 469. The lowest BCUT2D eigenvalue weighted by Gasteiger charge is -2.00.